The lowest BCUT2D eigenvalue weighted by molar-refractivity contribution is 0.0999. The lowest BCUT2D eigenvalue weighted by Crippen LogP contribution is -2.16. The number of para-hydroxylation sites is 1. The Morgan fingerprint density at radius 3 is 2.58 bits per heavy atom. The maximum atomic E-state index is 13.5. The van der Waals surface area contributed by atoms with Gasteiger partial charge in [0.15, 0.2) is 4.80 Å². The zero-order valence-corrected chi connectivity index (χ0v) is 20.0. The number of carbonyl (C=O) groups excluding carboxylic acids is 1. The Morgan fingerprint density at radius 1 is 1.06 bits per heavy atom. The van der Waals surface area contributed by atoms with Gasteiger partial charge in [-0.3, -0.25) is 4.79 Å². The van der Waals surface area contributed by atoms with E-state index in [-0.39, 0.29) is 5.91 Å². The lowest BCUT2D eigenvalue weighted by Gasteiger charge is -2.08. The Labute approximate surface area is 198 Å². The highest BCUT2D eigenvalue weighted by molar-refractivity contribution is 7.17. The average molecular weight is 476 g/mol. The Bertz CT molecular complexity index is 1550. The van der Waals surface area contributed by atoms with Crippen molar-refractivity contribution in [2.24, 2.45) is 4.99 Å². The van der Waals surface area contributed by atoms with Crippen molar-refractivity contribution >= 4 is 49.7 Å². The molecule has 3 aromatic heterocycles. The molecule has 0 radical (unpaired) electrons. The van der Waals surface area contributed by atoms with Crippen molar-refractivity contribution in [2.45, 2.75) is 13.5 Å². The number of aromatic nitrogens is 2. The van der Waals surface area contributed by atoms with E-state index in [1.165, 1.54) is 11.3 Å². The van der Waals surface area contributed by atoms with E-state index in [1.54, 1.807) is 25.6 Å². The van der Waals surface area contributed by atoms with Crippen molar-refractivity contribution in [2.75, 3.05) is 14.2 Å². The molecule has 8 heteroatoms. The van der Waals surface area contributed by atoms with Gasteiger partial charge in [0.25, 0.3) is 5.91 Å². The molecule has 0 spiro atoms. The number of rotatable bonds is 5. The number of pyridine rings is 1. The second-order valence-electron chi connectivity index (χ2n) is 7.24. The van der Waals surface area contributed by atoms with Crippen molar-refractivity contribution in [1.82, 2.24) is 9.55 Å². The third kappa shape index (κ3) is 3.71. The predicted octanol–water partition coefficient (Wildman–Crippen LogP) is 5.76. The minimum atomic E-state index is -0.307. The summed E-state index contributed by atoms with van der Waals surface area (Å²) in [6.45, 7) is 2.65. The molecule has 0 saturated carbocycles. The van der Waals surface area contributed by atoms with Crippen molar-refractivity contribution in [3.05, 3.63) is 70.3 Å². The van der Waals surface area contributed by atoms with Gasteiger partial charge < -0.3 is 14.0 Å². The number of hydrogen-bond acceptors (Lipinski definition) is 6. The molecule has 0 atom stereocenters. The molecule has 0 bridgehead atoms. The number of methoxy groups -OCH3 is 2. The first-order valence-corrected chi connectivity index (χ1v) is 12.1. The van der Waals surface area contributed by atoms with Crippen LogP contribution in [0.25, 0.3) is 31.7 Å². The molecule has 3 heterocycles. The zero-order chi connectivity index (χ0) is 22.9. The topological polar surface area (TPSA) is 65.7 Å². The van der Waals surface area contributed by atoms with E-state index in [4.69, 9.17) is 14.5 Å². The van der Waals surface area contributed by atoms with Gasteiger partial charge in [-0.2, -0.15) is 4.99 Å². The van der Waals surface area contributed by atoms with Gasteiger partial charge in [-0.05, 0) is 42.6 Å². The second kappa shape index (κ2) is 8.80. The maximum absolute atomic E-state index is 13.5. The molecule has 5 aromatic rings. The van der Waals surface area contributed by atoms with E-state index in [2.05, 4.69) is 4.99 Å². The molecular weight excluding hydrogens is 454 g/mol. The van der Waals surface area contributed by atoms with Crippen LogP contribution in [0.4, 0.5) is 0 Å². The monoisotopic (exact) mass is 475 g/mol. The van der Waals surface area contributed by atoms with Crippen molar-refractivity contribution < 1.29 is 14.3 Å². The summed E-state index contributed by atoms with van der Waals surface area (Å²) in [5.41, 5.74) is 2.94. The van der Waals surface area contributed by atoms with Crippen LogP contribution in [0.3, 0.4) is 0 Å². The fraction of sp³-hybridized carbons (Fsp3) is 0.160. The summed E-state index contributed by atoms with van der Waals surface area (Å²) in [5.74, 6) is 1.13. The molecule has 0 aliphatic rings. The Balaban J connectivity index is 1.74. The van der Waals surface area contributed by atoms with Crippen LogP contribution in [0.5, 0.6) is 11.5 Å². The van der Waals surface area contributed by atoms with E-state index >= 15 is 0 Å². The average Bonchev–Trinajstić information content (AvgIpc) is 3.51. The largest absolute Gasteiger partial charge is 0.495 e. The minimum absolute atomic E-state index is 0.307. The van der Waals surface area contributed by atoms with Crippen LogP contribution in [-0.4, -0.2) is 29.7 Å². The standard InChI is InChI=1S/C25H21N3O3S2/c1-4-28-22-19(30-2)11-12-20(31-3)23(22)33-25(28)27-24(29)16-14-18(21-10-7-13-32-21)26-17-9-6-5-8-15(16)17/h5-14H,4H2,1-3H3. The number of aryl methyl sites for hydroxylation is 1. The van der Waals surface area contributed by atoms with Crippen LogP contribution in [-0.2, 0) is 6.54 Å². The molecule has 1 amide bonds. The fourth-order valence-corrected chi connectivity index (χ4v) is 5.77. The third-order valence-corrected chi connectivity index (χ3v) is 7.41. The van der Waals surface area contributed by atoms with Gasteiger partial charge in [-0.25, -0.2) is 4.98 Å². The highest BCUT2D eigenvalue weighted by atomic mass is 32.1. The number of amides is 1. The van der Waals surface area contributed by atoms with Gasteiger partial charge in [0.1, 0.15) is 21.7 Å². The normalized spacial score (nSPS) is 11.9. The number of thiophene rings is 1. The Morgan fingerprint density at radius 2 is 1.85 bits per heavy atom. The zero-order valence-electron chi connectivity index (χ0n) is 18.4. The first-order chi connectivity index (χ1) is 16.1. The summed E-state index contributed by atoms with van der Waals surface area (Å²) in [4.78, 5) is 24.5. The van der Waals surface area contributed by atoms with Crippen LogP contribution >= 0.6 is 22.7 Å². The molecule has 166 valence electrons. The van der Waals surface area contributed by atoms with Gasteiger partial charge >= 0.3 is 0 Å². The summed E-state index contributed by atoms with van der Waals surface area (Å²) in [6.07, 6.45) is 0. The number of thiazole rings is 1. The highest BCUT2D eigenvalue weighted by Crippen LogP contribution is 2.35. The van der Waals surface area contributed by atoms with Crippen LogP contribution in [0, 0.1) is 0 Å². The van der Waals surface area contributed by atoms with Gasteiger partial charge in [-0.15, -0.1) is 11.3 Å². The Kier molecular flexibility index (Phi) is 5.70. The quantitative estimate of drug-likeness (QED) is 0.324. The van der Waals surface area contributed by atoms with E-state index < -0.39 is 0 Å². The fourth-order valence-electron chi connectivity index (χ4n) is 3.88. The van der Waals surface area contributed by atoms with Crippen molar-refractivity contribution in [3.63, 3.8) is 0 Å². The van der Waals surface area contributed by atoms with E-state index in [0.29, 0.717) is 22.7 Å². The molecule has 0 aliphatic carbocycles. The minimum Gasteiger partial charge on any atom is -0.495 e. The van der Waals surface area contributed by atoms with Gasteiger partial charge in [-0.1, -0.05) is 35.6 Å². The Hall–Kier alpha value is -3.49. The van der Waals surface area contributed by atoms with Gasteiger partial charge in [0.2, 0.25) is 0 Å². The van der Waals surface area contributed by atoms with Crippen LogP contribution < -0.4 is 14.3 Å². The van der Waals surface area contributed by atoms with Crippen LogP contribution in [0.1, 0.15) is 17.3 Å². The predicted molar refractivity (Wildman–Crippen MR) is 134 cm³/mol. The number of carbonyl (C=O) groups is 1. The van der Waals surface area contributed by atoms with Gasteiger partial charge in [0, 0.05) is 11.9 Å². The summed E-state index contributed by atoms with van der Waals surface area (Å²) in [5, 5.41) is 2.78. The summed E-state index contributed by atoms with van der Waals surface area (Å²) in [6, 6.07) is 17.2. The molecule has 0 aliphatic heterocycles. The molecule has 0 saturated heterocycles. The van der Waals surface area contributed by atoms with Crippen LogP contribution in [0.15, 0.2) is 65.0 Å². The summed E-state index contributed by atoms with van der Waals surface area (Å²) >= 11 is 3.01. The van der Waals surface area contributed by atoms with E-state index in [9.17, 15) is 4.79 Å². The first kappa shape index (κ1) is 21.4. The maximum Gasteiger partial charge on any atom is 0.280 e. The smallest absolute Gasteiger partial charge is 0.280 e. The van der Waals surface area contributed by atoms with Gasteiger partial charge in [0.05, 0.1) is 35.9 Å². The molecule has 0 N–H and O–H groups in total. The molecule has 0 unspecified atom stereocenters. The molecule has 5 rings (SSSR count). The first-order valence-electron chi connectivity index (χ1n) is 10.4. The molecular formula is C25H21N3O3S2. The summed E-state index contributed by atoms with van der Waals surface area (Å²) in [7, 11) is 3.27. The molecule has 6 nitrogen and oxygen atoms in total. The number of ether oxygens (including phenoxy) is 2. The number of hydrogen-bond donors (Lipinski definition) is 0. The summed E-state index contributed by atoms with van der Waals surface area (Å²) < 4.78 is 14.0. The van der Waals surface area contributed by atoms with Crippen LogP contribution in [0.2, 0.25) is 0 Å². The van der Waals surface area contributed by atoms with Crippen molar-refractivity contribution in [1.29, 1.82) is 0 Å². The molecule has 0 fully saturated rings. The third-order valence-electron chi connectivity index (χ3n) is 5.43. The second-order valence-corrected chi connectivity index (χ2v) is 9.17. The van der Waals surface area contributed by atoms with E-state index in [1.807, 2.05) is 71.5 Å². The molecule has 33 heavy (non-hydrogen) atoms. The van der Waals surface area contributed by atoms with Crippen molar-refractivity contribution in [3.8, 4) is 22.1 Å². The number of fused-ring (bicyclic) bond motifs is 2. The van der Waals surface area contributed by atoms with E-state index in [0.717, 1.165) is 37.4 Å². The SMILES string of the molecule is CCn1c(=NC(=O)c2cc(-c3cccs3)nc3ccccc23)sc2c(OC)ccc(OC)c21. The number of nitrogens with zero attached hydrogens (tertiary/aromatic N) is 3. The highest BCUT2D eigenvalue weighted by Gasteiger charge is 2.18. The molecule has 2 aromatic carbocycles. The lowest BCUT2D eigenvalue weighted by atomic mass is 10.1. The number of benzene rings is 2.